The average molecular weight is 393 g/mol. The van der Waals surface area contributed by atoms with Gasteiger partial charge in [0.05, 0.1) is 18.1 Å². The normalized spacial score (nSPS) is 15.2. The van der Waals surface area contributed by atoms with Gasteiger partial charge in [0, 0.05) is 19.6 Å². The van der Waals surface area contributed by atoms with Crippen molar-refractivity contribution in [2.24, 2.45) is 5.92 Å². The minimum atomic E-state index is -4.51. The van der Waals surface area contributed by atoms with Crippen molar-refractivity contribution in [3.63, 3.8) is 0 Å². The van der Waals surface area contributed by atoms with Gasteiger partial charge in [-0.05, 0) is 36.1 Å². The van der Waals surface area contributed by atoms with Gasteiger partial charge in [-0.2, -0.15) is 13.2 Å². The van der Waals surface area contributed by atoms with E-state index in [2.05, 4.69) is 0 Å². The molecule has 1 N–H and O–H groups in total. The van der Waals surface area contributed by atoms with Crippen LogP contribution in [0.15, 0.2) is 48.5 Å². The topological polar surface area (TPSA) is 49.8 Å². The van der Waals surface area contributed by atoms with Crippen LogP contribution in [0.4, 0.5) is 13.2 Å². The van der Waals surface area contributed by atoms with Gasteiger partial charge in [-0.1, -0.05) is 36.4 Å². The summed E-state index contributed by atoms with van der Waals surface area (Å²) in [7, 11) is 0. The molecule has 1 aliphatic heterocycles. The van der Waals surface area contributed by atoms with Crippen molar-refractivity contribution in [2.75, 3.05) is 19.7 Å². The Balaban J connectivity index is 1.58. The standard InChI is InChI=1S/C21H22F3NO3/c22-21(23,24)18-11-16(12-25-13-17(14-25)20(26)27)8-9-19(18)28-10-4-7-15-5-2-1-3-6-15/h1-3,5-6,8-9,11,17H,4,7,10,12-14H2,(H,26,27). The zero-order chi connectivity index (χ0) is 20.1. The summed E-state index contributed by atoms with van der Waals surface area (Å²) in [5.41, 5.74) is 0.819. The lowest BCUT2D eigenvalue weighted by molar-refractivity contribution is -0.147. The van der Waals surface area contributed by atoms with Crippen molar-refractivity contribution in [1.82, 2.24) is 4.90 Å². The first-order valence-corrected chi connectivity index (χ1v) is 9.15. The van der Waals surface area contributed by atoms with E-state index in [1.54, 1.807) is 6.07 Å². The number of hydrogen-bond acceptors (Lipinski definition) is 3. The second-order valence-electron chi connectivity index (χ2n) is 7.00. The van der Waals surface area contributed by atoms with Crippen LogP contribution < -0.4 is 4.74 Å². The van der Waals surface area contributed by atoms with Crippen molar-refractivity contribution < 1.29 is 27.8 Å². The van der Waals surface area contributed by atoms with Gasteiger partial charge >= 0.3 is 12.1 Å². The quantitative estimate of drug-likeness (QED) is 0.682. The lowest BCUT2D eigenvalue weighted by Gasteiger charge is -2.36. The third-order valence-electron chi connectivity index (χ3n) is 4.77. The number of hydrogen-bond donors (Lipinski definition) is 1. The fourth-order valence-electron chi connectivity index (χ4n) is 3.24. The first kappa shape index (κ1) is 20.2. The number of halogens is 3. The van der Waals surface area contributed by atoms with Gasteiger partial charge in [0.2, 0.25) is 0 Å². The largest absolute Gasteiger partial charge is 0.493 e. The van der Waals surface area contributed by atoms with Crippen molar-refractivity contribution >= 4 is 5.97 Å². The Morgan fingerprint density at radius 2 is 1.82 bits per heavy atom. The number of rotatable bonds is 8. The maximum absolute atomic E-state index is 13.4. The van der Waals surface area contributed by atoms with Crippen LogP contribution in [-0.4, -0.2) is 35.7 Å². The Morgan fingerprint density at radius 1 is 1.11 bits per heavy atom. The molecule has 0 atom stereocenters. The lowest BCUT2D eigenvalue weighted by atomic mass is 9.99. The van der Waals surface area contributed by atoms with Crippen LogP contribution in [0.1, 0.15) is 23.1 Å². The summed E-state index contributed by atoms with van der Waals surface area (Å²) in [5.74, 6) is -1.47. The summed E-state index contributed by atoms with van der Waals surface area (Å²) in [4.78, 5) is 12.6. The summed E-state index contributed by atoms with van der Waals surface area (Å²) < 4.78 is 45.7. The molecule has 0 amide bonds. The third-order valence-corrected chi connectivity index (χ3v) is 4.77. The molecule has 0 saturated carbocycles. The number of benzene rings is 2. The molecule has 2 aromatic carbocycles. The molecule has 0 spiro atoms. The highest BCUT2D eigenvalue weighted by molar-refractivity contribution is 5.71. The van der Waals surface area contributed by atoms with Crippen LogP contribution in [-0.2, 0) is 23.9 Å². The molecule has 4 nitrogen and oxygen atoms in total. The summed E-state index contributed by atoms with van der Waals surface area (Å²) in [6, 6.07) is 13.8. The maximum atomic E-state index is 13.4. The molecule has 0 aliphatic carbocycles. The van der Waals surface area contributed by atoms with Gasteiger partial charge in [0.25, 0.3) is 0 Å². The molecule has 28 heavy (non-hydrogen) atoms. The van der Waals surface area contributed by atoms with E-state index in [1.165, 1.54) is 6.07 Å². The van der Waals surface area contributed by atoms with E-state index < -0.39 is 23.6 Å². The van der Waals surface area contributed by atoms with Crippen LogP contribution in [0.3, 0.4) is 0 Å². The number of carboxylic acid groups (broad SMARTS) is 1. The zero-order valence-electron chi connectivity index (χ0n) is 15.3. The Kier molecular flexibility index (Phi) is 6.24. The van der Waals surface area contributed by atoms with E-state index in [4.69, 9.17) is 9.84 Å². The molecule has 0 bridgehead atoms. The maximum Gasteiger partial charge on any atom is 0.419 e. The Labute approximate surface area is 161 Å². The van der Waals surface area contributed by atoms with Gasteiger partial charge in [-0.3, -0.25) is 9.69 Å². The fraction of sp³-hybridized carbons (Fsp3) is 0.381. The van der Waals surface area contributed by atoms with Gasteiger partial charge < -0.3 is 9.84 Å². The molecule has 0 aromatic heterocycles. The first-order valence-electron chi connectivity index (χ1n) is 9.15. The van der Waals surface area contributed by atoms with Crippen molar-refractivity contribution in [3.8, 4) is 5.75 Å². The monoisotopic (exact) mass is 393 g/mol. The van der Waals surface area contributed by atoms with E-state index in [0.717, 1.165) is 18.1 Å². The average Bonchev–Trinajstić information content (AvgIpc) is 2.62. The summed E-state index contributed by atoms with van der Waals surface area (Å²) in [6.07, 6.45) is -3.16. The molecule has 1 aliphatic rings. The Bertz CT molecular complexity index is 802. The Morgan fingerprint density at radius 3 is 2.46 bits per heavy atom. The lowest BCUT2D eigenvalue weighted by Crippen LogP contribution is -2.49. The summed E-state index contributed by atoms with van der Waals surface area (Å²) in [5, 5.41) is 8.89. The molecular formula is C21H22F3NO3. The smallest absolute Gasteiger partial charge is 0.419 e. The second kappa shape index (κ2) is 8.65. The van der Waals surface area contributed by atoms with E-state index in [0.29, 0.717) is 31.6 Å². The highest BCUT2D eigenvalue weighted by atomic mass is 19.4. The zero-order valence-corrected chi connectivity index (χ0v) is 15.3. The number of alkyl halides is 3. The van der Waals surface area contributed by atoms with E-state index in [-0.39, 0.29) is 12.4 Å². The molecule has 1 saturated heterocycles. The fourth-order valence-corrected chi connectivity index (χ4v) is 3.24. The van der Waals surface area contributed by atoms with Gasteiger partial charge in [0.15, 0.2) is 0 Å². The number of carboxylic acids is 1. The van der Waals surface area contributed by atoms with Crippen LogP contribution >= 0.6 is 0 Å². The summed E-state index contributed by atoms with van der Waals surface area (Å²) >= 11 is 0. The van der Waals surface area contributed by atoms with Crippen LogP contribution in [0.5, 0.6) is 5.75 Å². The molecule has 3 rings (SSSR count). The number of ether oxygens (including phenoxy) is 1. The minimum Gasteiger partial charge on any atom is -0.493 e. The second-order valence-corrected chi connectivity index (χ2v) is 7.00. The molecular weight excluding hydrogens is 371 g/mol. The van der Waals surface area contributed by atoms with Gasteiger partial charge in [-0.15, -0.1) is 0 Å². The molecule has 7 heteroatoms. The Hall–Kier alpha value is -2.54. The highest BCUT2D eigenvalue weighted by Gasteiger charge is 2.36. The van der Waals surface area contributed by atoms with Crippen molar-refractivity contribution in [3.05, 3.63) is 65.2 Å². The van der Waals surface area contributed by atoms with E-state index in [9.17, 15) is 18.0 Å². The number of aryl methyl sites for hydroxylation is 1. The highest BCUT2D eigenvalue weighted by Crippen LogP contribution is 2.37. The van der Waals surface area contributed by atoms with Crippen LogP contribution in [0.25, 0.3) is 0 Å². The van der Waals surface area contributed by atoms with Gasteiger partial charge in [-0.25, -0.2) is 0 Å². The minimum absolute atomic E-state index is 0.170. The predicted octanol–water partition coefficient (Wildman–Crippen LogP) is 4.23. The molecule has 150 valence electrons. The van der Waals surface area contributed by atoms with Crippen LogP contribution in [0, 0.1) is 5.92 Å². The molecule has 2 aromatic rings. The van der Waals surface area contributed by atoms with Crippen molar-refractivity contribution in [1.29, 1.82) is 0 Å². The van der Waals surface area contributed by atoms with Crippen molar-refractivity contribution in [2.45, 2.75) is 25.6 Å². The number of carbonyl (C=O) groups is 1. The van der Waals surface area contributed by atoms with E-state index in [1.807, 2.05) is 35.2 Å². The number of nitrogens with zero attached hydrogens (tertiary/aromatic N) is 1. The molecule has 1 heterocycles. The number of aliphatic carboxylic acids is 1. The van der Waals surface area contributed by atoms with Crippen LogP contribution in [0.2, 0.25) is 0 Å². The number of likely N-dealkylation sites (tertiary alicyclic amines) is 1. The first-order chi connectivity index (χ1) is 13.3. The van der Waals surface area contributed by atoms with E-state index >= 15 is 0 Å². The summed E-state index contributed by atoms with van der Waals surface area (Å²) in [6.45, 7) is 1.20. The predicted molar refractivity (Wildman–Crippen MR) is 98.1 cm³/mol. The molecule has 0 radical (unpaired) electrons. The third kappa shape index (κ3) is 5.25. The van der Waals surface area contributed by atoms with Gasteiger partial charge in [0.1, 0.15) is 5.75 Å². The molecule has 1 fully saturated rings. The SMILES string of the molecule is O=C(O)C1CN(Cc2ccc(OCCCc3ccccc3)c(C(F)(F)F)c2)C1. The molecule has 0 unspecified atom stereocenters.